The van der Waals surface area contributed by atoms with Crippen molar-refractivity contribution in [3.63, 3.8) is 0 Å². The first-order valence-electron chi connectivity index (χ1n) is 12.7. The second-order valence-electron chi connectivity index (χ2n) is 9.43. The highest BCUT2D eigenvalue weighted by Crippen LogP contribution is 2.30. The zero-order chi connectivity index (χ0) is 29.1. The zero-order valence-electron chi connectivity index (χ0n) is 23.3. The molecule has 16 heteroatoms. The number of rotatable bonds is 10. The molecule has 0 bridgehead atoms. The number of anilines is 3. The summed E-state index contributed by atoms with van der Waals surface area (Å²) < 4.78 is 17.2. The minimum atomic E-state index is -1.75. The van der Waals surface area contributed by atoms with E-state index in [9.17, 15) is 0 Å². The van der Waals surface area contributed by atoms with Gasteiger partial charge < -0.3 is 34.6 Å². The molecule has 0 unspecified atom stereocenters. The summed E-state index contributed by atoms with van der Waals surface area (Å²) in [5.41, 5.74) is 7.62. The van der Waals surface area contributed by atoms with Gasteiger partial charge in [-0.2, -0.15) is 9.50 Å². The van der Waals surface area contributed by atoms with Gasteiger partial charge >= 0.3 is 0 Å². The third-order valence-electron chi connectivity index (χ3n) is 7.03. The van der Waals surface area contributed by atoms with Crippen LogP contribution in [-0.4, -0.2) is 140 Å². The summed E-state index contributed by atoms with van der Waals surface area (Å²) in [5.74, 6) is 1.66. The van der Waals surface area contributed by atoms with Crippen molar-refractivity contribution in [3.8, 4) is 5.75 Å². The number of hydrogen-bond donors (Lipinski definition) is 1. The lowest BCUT2D eigenvalue weighted by atomic mass is 9.37. The van der Waals surface area contributed by atoms with Crippen LogP contribution < -0.4 is 20.3 Å². The lowest BCUT2D eigenvalue weighted by molar-refractivity contribution is 0.146. The molecular weight excluding hydrogens is 506 g/mol. The molecule has 1 aliphatic heterocycles. The zero-order valence-corrected chi connectivity index (χ0v) is 23.3. The first-order chi connectivity index (χ1) is 19.0. The lowest BCUT2D eigenvalue weighted by Crippen LogP contribution is -2.74. The second-order valence-corrected chi connectivity index (χ2v) is 9.43. The fraction of sp³-hybridized carbons (Fsp3) is 0.500. The first-order valence-corrected chi connectivity index (χ1v) is 12.7. The molecule has 0 spiro atoms. The van der Waals surface area contributed by atoms with Crippen LogP contribution in [0.15, 0.2) is 35.3 Å². The van der Waals surface area contributed by atoms with E-state index in [1.807, 2.05) is 29.2 Å². The molecular formula is C24H31B4N9O3. The number of hydrogen-bond acceptors (Lipinski definition) is 11. The molecule has 0 amide bonds. The summed E-state index contributed by atoms with van der Waals surface area (Å²) in [7, 11) is 32.8. The predicted octanol–water partition coefficient (Wildman–Crippen LogP) is -1.01. The van der Waals surface area contributed by atoms with Crippen molar-refractivity contribution in [1.29, 1.82) is 0 Å². The number of likely N-dealkylation sites (N-methyl/N-ethyl adjacent to an activating group) is 1. The van der Waals surface area contributed by atoms with Gasteiger partial charge in [0, 0.05) is 59.1 Å². The third-order valence-corrected chi connectivity index (χ3v) is 7.03. The Morgan fingerprint density at radius 2 is 1.73 bits per heavy atom. The van der Waals surface area contributed by atoms with Gasteiger partial charge in [0.25, 0.3) is 5.90 Å². The molecule has 0 saturated carbocycles. The normalized spacial score (nSPS) is 15.4. The average Bonchev–Trinajstić information content (AvgIpc) is 3.38. The Balaban J connectivity index is 1.46. The number of nitrogens with zero attached hydrogens (tertiary/aromatic N) is 8. The Labute approximate surface area is 239 Å². The molecule has 12 nitrogen and oxygen atoms in total. The number of ether oxygens (including phenoxy) is 3. The second kappa shape index (κ2) is 12.0. The summed E-state index contributed by atoms with van der Waals surface area (Å²) in [4.78, 5) is 18.4. The highest BCUT2D eigenvalue weighted by atomic mass is 16.5. The predicted molar refractivity (Wildman–Crippen MR) is 159 cm³/mol. The Morgan fingerprint density at radius 3 is 2.33 bits per heavy atom. The Hall–Kier alpha value is -3.38. The largest absolute Gasteiger partial charge is 0.491 e. The monoisotopic (exact) mass is 537 g/mol. The van der Waals surface area contributed by atoms with Crippen molar-refractivity contribution in [2.45, 2.75) is 10.7 Å². The van der Waals surface area contributed by atoms with Crippen molar-refractivity contribution in [1.82, 2.24) is 24.5 Å². The quantitative estimate of drug-likeness (QED) is 0.149. The standard InChI is InChI=1S/C24H31B4N9O3/c1-30-21(39-4)20-31-19-15-18(32-22(29)37(19)33-20)34(2)23(25,26)24(27,28)36-11-9-35(10-12-36)16-5-7-17(8-6-16)40-14-13-38-3/h5-8,15H,9-14H2,1-4H3,(H2,29,32). The van der Waals surface area contributed by atoms with E-state index in [1.54, 1.807) is 27.3 Å². The molecule has 3 heterocycles. The maximum absolute atomic E-state index is 6.64. The van der Waals surface area contributed by atoms with Crippen molar-refractivity contribution in [2.75, 3.05) is 83.2 Å². The molecule has 2 N–H and O–H groups in total. The molecule has 1 fully saturated rings. The van der Waals surface area contributed by atoms with Crippen molar-refractivity contribution in [2.24, 2.45) is 4.99 Å². The van der Waals surface area contributed by atoms with E-state index in [0.29, 0.717) is 50.9 Å². The molecule has 1 aromatic carbocycles. The molecule has 202 valence electrons. The van der Waals surface area contributed by atoms with Gasteiger partial charge in [0.15, 0.2) is 5.65 Å². The van der Waals surface area contributed by atoms with E-state index in [2.05, 4.69) is 25.0 Å². The number of methoxy groups -OCH3 is 2. The van der Waals surface area contributed by atoms with Crippen molar-refractivity contribution < 1.29 is 14.2 Å². The van der Waals surface area contributed by atoms with Crippen molar-refractivity contribution >= 4 is 60.4 Å². The van der Waals surface area contributed by atoms with Gasteiger partial charge in [0.05, 0.1) is 45.1 Å². The van der Waals surface area contributed by atoms with Gasteiger partial charge in [-0.3, -0.25) is 4.99 Å². The summed E-state index contributed by atoms with van der Waals surface area (Å²) in [5, 5.41) is 0.917. The summed E-state index contributed by atoms with van der Waals surface area (Å²) in [6, 6.07) is 9.54. The van der Waals surface area contributed by atoms with Crippen LogP contribution in [0.5, 0.6) is 5.75 Å². The van der Waals surface area contributed by atoms with Crippen LogP contribution in [0, 0.1) is 0 Å². The van der Waals surface area contributed by atoms with Crippen LogP contribution in [-0.2, 0) is 9.47 Å². The van der Waals surface area contributed by atoms with Gasteiger partial charge in [0.1, 0.15) is 18.2 Å². The summed E-state index contributed by atoms with van der Waals surface area (Å²) in [6.45, 7) is 3.42. The van der Waals surface area contributed by atoms with E-state index in [0.717, 1.165) is 11.4 Å². The molecule has 4 rings (SSSR count). The van der Waals surface area contributed by atoms with Crippen molar-refractivity contribution in [3.05, 3.63) is 36.2 Å². The van der Waals surface area contributed by atoms with Crippen LogP contribution in [0.3, 0.4) is 0 Å². The molecule has 40 heavy (non-hydrogen) atoms. The maximum atomic E-state index is 6.64. The van der Waals surface area contributed by atoms with Gasteiger partial charge in [-0.15, -0.1) is 5.10 Å². The van der Waals surface area contributed by atoms with Crippen LogP contribution in [0.25, 0.3) is 5.65 Å². The number of nitrogen functional groups attached to an aromatic ring is 1. The molecule has 0 atom stereocenters. The smallest absolute Gasteiger partial charge is 0.256 e. The number of aliphatic imine (C=N–C) groups is 1. The minimum Gasteiger partial charge on any atom is -0.491 e. The van der Waals surface area contributed by atoms with Gasteiger partial charge in [-0.05, 0) is 34.9 Å². The van der Waals surface area contributed by atoms with E-state index in [4.69, 9.17) is 51.3 Å². The minimum absolute atomic E-state index is 0.0591. The van der Waals surface area contributed by atoms with Crippen LogP contribution in [0.1, 0.15) is 5.82 Å². The fourth-order valence-electron chi connectivity index (χ4n) is 4.49. The molecule has 1 saturated heterocycles. The number of nitrogens with two attached hydrogens (primary N) is 1. The number of benzene rings is 1. The van der Waals surface area contributed by atoms with Crippen LogP contribution in [0.2, 0.25) is 0 Å². The number of piperazine rings is 1. The van der Waals surface area contributed by atoms with Gasteiger partial charge in [-0.1, -0.05) is 0 Å². The number of aromatic nitrogens is 4. The molecule has 3 aromatic rings. The molecule has 8 radical (unpaired) electrons. The molecule has 0 aliphatic carbocycles. The topological polar surface area (TPSA) is 119 Å². The third kappa shape index (κ3) is 5.73. The van der Waals surface area contributed by atoms with Crippen LogP contribution >= 0.6 is 0 Å². The summed E-state index contributed by atoms with van der Waals surface area (Å²) >= 11 is 0. The SMILES string of the molecule is [B]C([B])(N1CCN(c2ccc(OCCOC)cc2)CC1)C([B])([B])N(C)c1cc2nc(C(=NC)OC)nn2c(N)n1. The van der Waals surface area contributed by atoms with E-state index >= 15 is 0 Å². The first kappa shape index (κ1) is 29.6. The fourth-order valence-corrected chi connectivity index (χ4v) is 4.49. The van der Waals surface area contributed by atoms with E-state index in [1.165, 1.54) is 16.5 Å². The summed E-state index contributed by atoms with van der Waals surface area (Å²) in [6.07, 6.45) is 0. The average molecular weight is 537 g/mol. The van der Waals surface area contributed by atoms with Crippen LogP contribution in [0.4, 0.5) is 17.5 Å². The Kier molecular flexibility index (Phi) is 8.89. The highest BCUT2D eigenvalue weighted by Gasteiger charge is 2.43. The van der Waals surface area contributed by atoms with Gasteiger partial charge in [-0.25, -0.2) is 4.98 Å². The molecule has 1 aliphatic rings. The number of fused-ring (bicyclic) bond motifs is 1. The highest BCUT2D eigenvalue weighted by molar-refractivity contribution is 6.55. The Bertz CT molecular complexity index is 1330. The van der Waals surface area contributed by atoms with E-state index < -0.39 is 10.7 Å². The maximum Gasteiger partial charge on any atom is 0.256 e. The van der Waals surface area contributed by atoms with Gasteiger partial charge in [0.2, 0.25) is 11.8 Å². The lowest BCUT2D eigenvalue weighted by Gasteiger charge is -2.58. The Morgan fingerprint density at radius 1 is 1.05 bits per heavy atom. The molecule has 2 aromatic heterocycles. The van der Waals surface area contributed by atoms with E-state index in [-0.39, 0.29) is 17.7 Å².